The van der Waals surface area contributed by atoms with Gasteiger partial charge in [0.15, 0.2) is 11.6 Å². The molecule has 0 saturated heterocycles. The predicted molar refractivity (Wildman–Crippen MR) is 47.1 cm³/mol. The highest BCUT2D eigenvalue weighted by atomic mass is 35.5. The van der Waals surface area contributed by atoms with Gasteiger partial charge in [0.1, 0.15) is 0 Å². The Morgan fingerprint density at radius 3 is 2.31 bits per heavy atom. The van der Waals surface area contributed by atoms with Crippen LogP contribution in [0.5, 0.6) is 5.75 Å². The first kappa shape index (κ1) is 10.3. The maximum atomic E-state index is 12.9. The van der Waals surface area contributed by atoms with Gasteiger partial charge in [-0.1, -0.05) is 18.5 Å². The largest absolute Gasteiger partial charge is 0.505 e. The summed E-state index contributed by atoms with van der Waals surface area (Å²) in [5, 5.41) is 8.95. The molecule has 0 heterocycles. The predicted octanol–water partition coefficient (Wildman–Crippen LogP) is 3.19. The molecule has 0 spiro atoms. The summed E-state index contributed by atoms with van der Waals surface area (Å²) in [7, 11) is 0. The van der Waals surface area contributed by atoms with Crippen molar-refractivity contribution >= 4 is 11.6 Å². The number of aromatic hydroxyl groups is 1. The molecule has 0 bridgehead atoms. The van der Waals surface area contributed by atoms with Crippen LogP contribution in [0.25, 0.3) is 0 Å². The first-order valence-electron chi connectivity index (χ1n) is 3.85. The van der Waals surface area contributed by atoms with E-state index in [-0.39, 0.29) is 5.02 Å². The minimum Gasteiger partial charge on any atom is -0.505 e. The van der Waals surface area contributed by atoms with Crippen LogP contribution in [0, 0.1) is 18.6 Å². The van der Waals surface area contributed by atoms with E-state index >= 15 is 0 Å². The third kappa shape index (κ3) is 1.48. The van der Waals surface area contributed by atoms with Gasteiger partial charge in [0.25, 0.3) is 0 Å². The van der Waals surface area contributed by atoms with E-state index in [9.17, 15) is 13.9 Å². The molecule has 0 unspecified atom stereocenters. The third-order valence-corrected chi connectivity index (χ3v) is 2.46. The van der Waals surface area contributed by atoms with Gasteiger partial charge >= 0.3 is 0 Å². The van der Waals surface area contributed by atoms with Gasteiger partial charge in [-0.2, -0.15) is 4.39 Å². The second-order valence-electron chi connectivity index (χ2n) is 2.75. The number of hydrogen-bond acceptors (Lipinski definition) is 1. The van der Waals surface area contributed by atoms with Crippen molar-refractivity contribution < 1.29 is 13.9 Å². The van der Waals surface area contributed by atoms with Crippen LogP contribution in [0.15, 0.2) is 0 Å². The quantitative estimate of drug-likeness (QED) is 0.700. The van der Waals surface area contributed by atoms with Crippen molar-refractivity contribution in [2.75, 3.05) is 0 Å². The molecule has 0 saturated carbocycles. The molecule has 0 amide bonds. The van der Waals surface area contributed by atoms with Crippen LogP contribution in [0.2, 0.25) is 5.02 Å². The van der Waals surface area contributed by atoms with Gasteiger partial charge in [-0.3, -0.25) is 0 Å². The summed E-state index contributed by atoms with van der Waals surface area (Å²) >= 11 is 5.51. The minimum absolute atomic E-state index is 0.257. The van der Waals surface area contributed by atoms with Crippen molar-refractivity contribution in [2.45, 2.75) is 20.3 Å². The summed E-state index contributed by atoms with van der Waals surface area (Å²) in [5.74, 6) is -3.09. The lowest BCUT2D eigenvalue weighted by atomic mass is 10.0. The molecule has 1 aromatic carbocycles. The summed E-state index contributed by atoms with van der Waals surface area (Å²) < 4.78 is 25.8. The van der Waals surface area contributed by atoms with Gasteiger partial charge in [0, 0.05) is 5.56 Å². The zero-order valence-electron chi connectivity index (χ0n) is 7.29. The molecule has 0 radical (unpaired) electrons. The average Bonchev–Trinajstić information content (AvgIpc) is 2.13. The Labute approximate surface area is 80.0 Å². The van der Waals surface area contributed by atoms with Gasteiger partial charge in [-0.25, -0.2) is 4.39 Å². The van der Waals surface area contributed by atoms with E-state index in [1.165, 1.54) is 0 Å². The molecule has 13 heavy (non-hydrogen) atoms. The fraction of sp³-hybridized carbons (Fsp3) is 0.333. The van der Waals surface area contributed by atoms with Crippen molar-refractivity contribution in [3.8, 4) is 5.75 Å². The van der Waals surface area contributed by atoms with Crippen LogP contribution in [-0.4, -0.2) is 5.11 Å². The summed E-state index contributed by atoms with van der Waals surface area (Å²) in [6, 6.07) is 0. The Morgan fingerprint density at radius 1 is 1.31 bits per heavy atom. The van der Waals surface area contributed by atoms with E-state index in [1.54, 1.807) is 13.8 Å². The van der Waals surface area contributed by atoms with E-state index in [0.29, 0.717) is 17.5 Å². The maximum Gasteiger partial charge on any atom is 0.202 e. The molecule has 72 valence electrons. The zero-order valence-corrected chi connectivity index (χ0v) is 8.04. The van der Waals surface area contributed by atoms with E-state index in [1.807, 2.05) is 0 Å². The van der Waals surface area contributed by atoms with E-state index in [0.717, 1.165) is 0 Å². The van der Waals surface area contributed by atoms with Gasteiger partial charge in [0.2, 0.25) is 5.82 Å². The molecule has 1 N–H and O–H groups in total. The van der Waals surface area contributed by atoms with Crippen LogP contribution >= 0.6 is 11.6 Å². The first-order valence-corrected chi connectivity index (χ1v) is 4.23. The molecule has 0 aromatic heterocycles. The molecular weight excluding hydrogens is 198 g/mol. The van der Waals surface area contributed by atoms with Crippen LogP contribution < -0.4 is 0 Å². The lowest BCUT2D eigenvalue weighted by Gasteiger charge is -2.09. The first-order chi connectivity index (χ1) is 6.00. The second-order valence-corrected chi connectivity index (χ2v) is 3.13. The summed E-state index contributed by atoms with van der Waals surface area (Å²) in [6.07, 6.45) is 0.411. The van der Waals surface area contributed by atoms with Crippen LogP contribution in [0.3, 0.4) is 0 Å². The molecular formula is C9H9ClF2O. The van der Waals surface area contributed by atoms with Gasteiger partial charge < -0.3 is 5.11 Å². The molecule has 1 nitrogen and oxygen atoms in total. The van der Waals surface area contributed by atoms with Crippen molar-refractivity contribution in [2.24, 2.45) is 0 Å². The zero-order chi connectivity index (χ0) is 10.2. The van der Waals surface area contributed by atoms with Crippen molar-refractivity contribution in [3.63, 3.8) is 0 Å². The Balaban J connectivity index is 3.56. The molecule has 0 aliphatic rings. The smallest absolute Gasteiger partial charge is 0.202 e. The summed E-state index contributed by atoms with van der Waals surface area (Å²) in [4.78, 5) is 0. The van der Waals surface area contributed by atoms with Crippen molar-refractivity contribution in [1.82, 2.24) is 0 Å². The lowest BCUT2D eigenvalue weighted by Crippen LogP contribution is -1.97. The standard InChI is InChI=1S/C9H9ClF2O/c1-3-5-4(2)6(10)7(11)8(12)9(5)13/h13H,3H2,1-2H3. The molecule has 0 atom stereocenters. The van der Waals surface area contributed by atoms with Crippen LogP contribution in [0.1, 0.15) is 18.1 Å². The monoisotopic (exact) mass is 206 g/mol. The Kier molecular flexibility index (Phi) is 2.76. The molecule has 0 fully saturated rings. The number of phenols is 1. The SMILES string of the molecule is CCc1c(C)c(Cl)c(F)c(F)c1O. The number of phenolic OH excluding ortho intramolecular Hbond substituents is 1. The fourth-order valence-electron chi connectivity index (χ4n) is 1.24. The highest BCUT2D eigenvalue weighted by molar-refractivity contribution is 6.31. The van der Waals surface area contributed by atoms with Gasteiger partial charge in [0.05, 0.1) is 5.02 Å². The average molecular weight is 207 g/mol. The van der Waals surface area contributed by atoms with Crippen LogP contribution in [-0.2, 0) is 6.42 Å². The van der Waals surface area contributed by atoms with Gasteiger partial charge in [-0.05, 0) is 18.9 Å². The van der Waals surface area contributed by atoms with E-state index < -0.39 is 17.4 Å². The Hall–Kier alpha value is -0.830. The van der Waals surface area contributed by atoms with Crippen LogP contribution in [0.4, 0.5) is 8.78 Å². The summed E-state index contributed by atoms with van der Waals surface area (Å²) in [5.41, 5.74) is 0.740. The minimum atomic E-state index is -1.27. The van der Waals surface area contributed by atoms with Crippen molar-refractivity contribution in [1.29, 1.82) is 0 Å². The van der Waals surface area contributed by atoms with E-state index in [2.05, 4.69) is 0 Å². The molecule has 1 aromatic rings. The number of benzene rings is 1. The highest BCUT2D eigenvalue weighted by Crippen LogP contribution is 2.33. The molecule has 4 heteroatoms. The Morgan fingerprint density at radius 2 is 1.85 bits per heavy atom. The maximum absolute atomic E-state index is 12.9. The third-order valence-electron chi connectivity index (χ3n) is 2.01. The highest BCUT2D eigenvalue weighted by Gasteiger charge is 2.19. The number of halogens is 3. The number of hydrogen-bond donors (Lipinski definition) is 1. The molecule has 0 aliphatic heterocycles. The number of rotatable bonds is 1. The topological polar surface area (TPSA) is 20.2 Å². The summed E-state index contributed by atoms with van der Waals surface area (Å²) in [6.45, 7) is 3.28. The fourth-order valence-corrected chi connectivity index (χ4v) is 1.44. The van der Waals surface area contributed by atoms with Crippen molar-refractivity contribution in [3.05, 3.63) is 27.8 Å². The lowest BCUT2D eigenvalue weighted by molar-refractivity contribution is 0.401. The Bertz CT molecular complexity index is 321. The molecule has 1 rings (SSSR count). The van der Waals surface area contributed by atoms with Gasteiger partial charge in [-0.15, -0.1) is 0 Å². The van der Waals surface area contributed by atoms with E-state index in [4.69, 9.17) is 11.6 Å². The molecule has 0 aliphatic carbocycles. The second kappa shape index (κ2) is 3.50. The normalized spacial score (nSPS) is 10.5.